The van der Waals surface area contributed by atoms with Crippen molar-refractivity contribution in [3.63, 3.8) is 0 Å². The summed E-state index contributed by atoms with van der Waals surface area (Å²) in [5.41, 5.74) is 1.58. The van der Waals surface area contributed by atoms with Gasteiger partial charge in [0, 0.05) is 27.0 Å². The zero-order chi connectivity index (χ0) is 27.4. The molecule has 3 aromatic carbocycles. The first kappa shape index (κ1) is 27.3. The normalized spacial score (nSPS) is 12.1. The van der Waals surface area contributed by atoms with Crippen LogP contribution in [-0.2, 0) is 6.61 Å². The van der Waals surface area contributed by atoms with E-state index in [2.05, 4.69) is 21.0 Å². The molecular weight excluding hydrogens is 574 g/mol. The number of fused-ring (bicyclic) bond motifs is 1. The van der Waals surface area contributed by atoms with Crippen molar-refractivity contribution in [2.75, 3.05) is 7.11 Å². The van der Waals surface area contributed by atoms with Gasteiger partial charge in [-0.25, -0.2) is 9.78 Å². The predicted molar refractivity (Wildman–Crippen MR) is 151 cm³/mol. The standard InChI is InChI=1S/C28H25BrClN3O5/c1-4-16(2)26-32-23-9-8-20(29)12-22(23)27(34)33(26)31-14-19-11-21(30)13-24(37-3)25(19)38-15-17-6-5-7-18(10-17)28(35)36/h5-14,16H,4,15H2,1-3H3,(H,35,36)/t16-/m0/s1. The molecule has 1 atom stereocenters. The summed E-state index contributed by atoms with van der Waals surface area (Å²) in [6, 6.07) is 15.1. The summed E-state index contributed by atoms with van der Waals surface area (Å²) in [5.74, 6) is 0.186. The molecule has 1 aromatic heterocycles. The summed E-state index contributed by atoms with van der Waals surface area (Å²) in [6.45, 7) is 4.08. The van der Waals surface area contributed by atoms with Crippen LogP contribution < -0.4 is 15.0 Å². The molecule has 0 saturated carbocycles. The van der Waals surface area contributed by atoms with Crippen molar-refractivity contribution in [1.29, 1.82) is 0 Å². The van der Waals surface area contributed by atoms with Crippen LogP contribution >= 0.6 is 27.5 Å². The van der Waals surface area contributed by atoms with E-state index in [1.807, 2.05) is 19.9 Å². The largest absolute Gasteiger partial charge is 0.493 e. The number of carboxylic acid groups (broad SMARTS) is 1. The smallest absolute Gasteiger partial charge is 0.335 e. The minimum absolute atomic E-state index is 0.0287. The van der Waals surface area contributed by atoms with Gasteiger partial charge < -0.3 is 14.6 Å². The summed E-state index contributed by atoms with van der Waals surface area (Å²) in [5, 5.41) is 14.6. The molecule has 0 saturated heterocycles. The minimum Gasteiger partial charge on any atom is -0.493 e. The number of aromatic nitrogens is 2. The van der Waals surface area contributed by atoms with E-state index in [1.165, 1.54) is 30.1 Å². The summed E-state index contributed by atoms with van der Waals surface area (Å²) >= 11 is 9.76. The van der Waals surface area contributed by atoms with Gasteiger partial charge in [-0.1, -0.05) is 53.5 Å². The molecule has 1 N–H and O–H groups in total. The quantitative estimate of drug-likeness (QED) is 0.221. The Morgan fingerprint density at radius 1 is 1.24 bits per heavy atom. The van der Waals surface area contributed by atoms with Crippen LogP contribution in [0.2, 0.25) is 5.02 Å². The molecule has 0 aliphatic carbocycles. The zero-order valence-electron chi connectivity index (χ0n) is 20.9. The first-order valence-electron chi connectivity index (χ1n) is 11.8. The van der Waals surface area contributed by atoms with Crippen molar-refractivity contribution in [2.45, 2.75) is 32.8 Å². The van der Waals surface area contributed by atoms with E-state index < -0.39 is 5.97 Å². The summed E-state index contributed by atoms with van der Waals surface area (Å²) in [4.78, 5) is 29.5. The maximum Gasteiger partial charge on any atom is 0.335 e. The number of carbonyl (C=O) groups is 1. The molecule has 0 aliphatic rings. The van der Waals surface area contributed by atoms with E-state index in [4.69, 9.17) is 26.1 Å². The third-order valence-electron chi connectivity index (χ3n) is 6.02. The van der Waals surface area contributed by atoms with Gasteiger partial charge in [0.25, 0.3) is 5.56 Å². The second-order valence-corrected chi connectivity index (χ2v) is 9.98. The van der Waals surface area contributed by atoms with Crippen molar-refractivity contribution in [2.24, 2.45) is 5.10 Å². The number of aromatic carboxylic acids is 1. The van der Waals surface area contributed by atoms with Crippen LogP contribution in [0.5, 0.6) is 11.5 Å². The molecule has 4 aromatic rings. The molecule has 196 valence electrons. The second-order valence-electron chi connectivity index (χ2n) is 8.62. The van der Waals surface area contributed by atoms with Crippen LogP contribution in [0.15, 0.2) is 69.0 Å². The van der Waals surface area contributed by atoms with Crippen LogP contribution in [0.25, 0.3) is 10.9 Å². The molecule has 0 radical (unpaired) electrons. The number of carboxylic acids is 1. The SMILES string of the molecule is CC[C@H](C)c1nc2ccc(Br)cc2c(=O)n1N=Cc1cc(Cl)cc(OC)c1OCc1cccc(C(=O)O)c1. The van der Waals surface area contributed by atoms with Crippen LogP contribution in [0, 0.1) is 0 Å². The van der Waals surface area contributed by atoms with Gasteiger partial charge in [-0.05, 0) is 48.4 Å². The summed E-state index contributed by atoms with van der Waals surface area (Å²) in [6.07, 6.45) is 2.24. The van der Waals surface area contributed by atoms with Gasteiger partial charge in [0.15, 0.2) is 11.5 Å². The number of ether oxygens (including phenoxy) is 2. The van der Waals surface area contributed by atoms with Gasteiger partial charge in [-0.3, -0.25) is 4.79 Å². The van der Waals surface area contributed by atoms with Gasteiger partial charge in [0.2, 0.25) is 0 Å². The van der Waals surface area contributed by atoms with E-state index in [-0.39, 0.29) is 23.6 Å². The van der Waals surface area contributed by atoms with Crippen molar-refractivity contribution < 1.29 is 19.4 Å². The lowest BCUT2D eigenvalue weighted by atomic mass is 10.1. The number of methoxy groups -OCH3 is 1. The molecule has 0 bridgehead atoms. The Bertz CT molecular complexity index is 1600. The Kier molecular flexibility index (Phi) is 8.48. The van der Waals surface area contributed by atoms with Crippen LogP contribution in [-0.4, -0.2) is 34.1 Å². The lowest BCUT2D eigenvalue weighted by Gasteiger charge is -2.16. The van der Waals surface area contributed by atoms with Crippen molar-refractivity contribution in [3.8, 4) is 11.5 Å². The molecule has 0 fully saturated rings. The zero-order valence-corrected chi connectivity index (χ0v) is 23.3. The molecule has 8 nitrogen and oxygen atoms in total. The number of halogens is 2. The highest BCUT2D eigenvalue weighted by Gasteiger charge is 2.17. The van der Waals surface area contributed by atoms with Gasteiger partial charge in [0.05, 0.1) is 29.8 Å². The van der Waals surface area contributed by atoms with E-state index >= 15 is 0 Å². The molecule has 0 amide bonds. The molecular formula is C28H25BrClN3O5. The van der Waals surface area contributed by atoms with Crippen molar-refractivity contribution in [1.82, 2.24) is 9.66 Å². The van der Waals surface area contributed by atoms with E-state index in [1.54, 1.807) is 36.4 Å². The Balaban J connectivity index is 1.79. The van der Waals surface area contributed by atoms with E-state index in [9.17, 15) is 14.7 Å². The molecule has 10 heteroatoms. The van der Waals surface area contributed by atoms with Crippen LogP contribution in [0.3, 0.4) is 0 Å². The number of benzene rings is 3. The third-order valence-corrected chi connectivity index (χ3v) is 6.74. The fourth-order valence-corrected chi connectivity index (χ4v) is 4.42. The van der Waals surface area contributed by atoms with E-state index in [0.717, 1.165) is 10.9 Å². The Labute approximate surface area is 232 Å². The minimum atomic E-state index is -1.03. The van der Waals surface area contributed by atoms with Crippen LogP contribution in [0.1, 0.15) is 53.5 Å². The fraction of sp³-hybridized carbons (Fsp3) is 0.214. The lowest BCUT2D eigenvalue weighted by molar-refractivity contribution is 0.0696. The molecule has 4 rings (SSSR count). The van der Waals surface area contributed by atoms with E-state index in [0.29, 0.717) is 44.4 Å². The maximum absolute atomic E-state index is 13.5. The number of hydrogen-bond donors (Lipinski definition) is 1. The van der Waals surface area contributed by atoms with Crippen LogP contribution in [0.4, 0.5) is 0 Å². The maximum atomic E-state index is 13.5. The van der Waals surface area contributed by atoms with Gasteiger partial charge >= 0.3 is 5.97 Å². The summed E-state index contributed by atoms with van der Waals surface area (Å²) in [7, 11) is 1.49. The third kappa shape index (κ3) is 5.89. The average Bonchev–Trinajstić information content (AvgIpc) is 2.91. The average molecular weight is 599 g/mol. The van der Waals surface area contributed by atoms with Crippen molar-refractivity contribution >= 4 is 50.6 Å². The predicted octanol–water partition coefficient (Wildman–Crippen LogP) is 6.49. The van der Waals surface area contributed by atoms with Crippen molar-refractivity contribution in [3.05, 3.63) is 97.0 Å². The Morgan fingerprint density at radius 3 is 2.74 bits per heavy atom. The molecule has 0 aliphatic heterocycles. The molecule has 0 unspecified atom stereocenters. The van der Waals surface area contributed by atoms with Gasteiger partial charge in [0.1, 0.15) is 12.4 Å². The first-order chi connectivity index (χ1) is 18.2. The van der Waals surface area contributed by atoms with Gasteiger partial charge in [-0.2, -0.15) is 9.78 Å². The topological polar surface area (TPSA) is 103 Å². The molecule has 1 heterocycles. The molecule has 0 spiro atoms. The molecule has 38 heavy (non-hydrogen) atoms. The summed E-state index contributed by atoms with van der Waals surface area (Å²) < 4.78 is 13.6. The number of rotatable bonds is 9. The monoisotopic (exact) mass is 597 g/mol. The number of hydrogen-bond acceptors (Lipinski definition) is 6. The lowest BCUT2D eigenvalue weighted by Crippen LogP contribution is -2.23. The fourth-order valence-electron chi connectivity index (χ4n) is 3.84. The highest BCUT2D eigenvalue weighted by atomic mass is 79.9. The van der Waals surface area contributed by atoms with Gasteiger partial charge in [-0.15, -0.1) is 0 Å². The highest BCUT2D eigenvalue weighted by Crippen LogP contribution is 2.34. The Hall–Kier alpha value is -3.69. The Morgan fingerprint density at radius 2 is 2.03 bits per heavy atom. The first-order valence-corrected chi connectivity index (χ1v) is 13.0. The second kappa shape index (κ2) is 11.8. The highest BCUT2D eigenvalue weighted by molar-refractivity contribution is 9.10. The number of nitrogens with zero attached hydrogens (tertiary/aromatic N) is 3.